The number of nitrogens with two attached hydrogens (primary N) is 1. The summed E-state index contributed by atoms with van der Waals surface area (Å²) in [7, 11) is -4.40. The monoisotopic (exact) mass is 493 g/mol. The third-order valence-corrected chi connectivity index (χ3v) is 5.85. The van der Waals surface area contributed by atoms with Crippen molar-refractivity contribution in [1.82, 2.24) is 4.72 Å². The minimum absolute atomic E-state index is 0.0590. The average molecular weight is 493 g/mol. The van der Waals surface area contributed by atoms with Gasteiger partial charge in [0, 0.05) is 18.5 Å². The summed E-state index contributed by atoms with van der Waals surface area (Å²) in [4.78, 5) is 32.8. The highest BCUT2D eigenvalue weighted by Crippen LogP contribution is 2.32. The number of carbonyl (C=O) groups is 2. The Morgan fingerprint density at radius 1 is 1.15 bits per heavy atom. The van der Waals surface area contributed by atoms with E-state index >= 15 is 0 Å². The van der Waals surface area contributed by atoms with Gasteiger partial charge in [0.2, 0.25) is 15.9 Å². The Morgan fingerprint density at radius 2 is 1.82 bits per heavy atom. The molecular formula is C20H23N5O8S. The number of benzene rings is 2. The van der Waals surface area contributed by atoms with Crippen LogP contribution in [0, 0.1) is 15.5 Å². The average Bonchev–Trinajstić information content (AvgIpc) is 2.76. The van der Waals surface area contributed by atoms with Crippen molar-refractivity contribution in [3.63, 3.8) is 0 Å². The van der Waals surface area contributed by atoms with E-state index in [1.54, 1.807) is 24.3 Å². The van der Waals surface area contributed by atoms with Crippen LogP contribution in [0.3, 0.4) is 0 Å². The van der Waals surface area contributed by atoms with Crippen molar-refractivity contribution in [3.8, 4) is 5.75 Å². The topological polar surface area (TPSA) is 215 Å². The second kappa shape index (κ2) is 11.7. The van der Waals surface area contributed by atoms with Crippen LogP contribution in [0.15, 0.2) is 47.4 Å². The standard InChI is InChI=1S/C20H23N5O8S/c21-20(22)13-6-8-14(9-7-13)33-12-2-5-17(26)24-15-3-1-4-16(19(15)25(29)30)34(31,32)23-11-10-18(27)28/h1,3-4,6-9,23H,2,5,10-12H2,(H3,21,22)(H,24,26)(H,27,28). The number of nitro groups is 1. The molecule has 0 aliphatic heterocycles. The van der Waals surface area contributed by atoms with Gasteiger partial charge in [0.15, 0.2) is 4.90 Å². The van der Waals surface area contributed by atoms with Crippen LogP contribution < -0.4 is 20.5 Å². The molecule has 0 radical (unpaired) electrons. The van der Waals surface area contributed by atoms with Crippen molar-refractivity contribution in [3.05, 3.63) is 58.1 Å². The number of carboxylic acids is 1. The minimum atomic E-state index is -4.40. The fourth-order valence-corrected chi connectivity index (χ4v) is 3.99. The molecule has 0 spiro atoms. The first-order valence-corrected chi connectivity index (χ1v) is 11.4. The summed E-state index contributed by atoms with van der Waals surface area (Å²) in [6.07, 6.45) is -0.300. The van der Waals surface area contributed by atoms with Crippen LogP contribution in [0.5, 0.6) is 5.75 Å². The number of aliphatic carboxylic acids is 1. The van der Waals surface area contributed by atoms with Crippen LogP contribution in [0.1, 0.15) is 24.8 Å². The van der Waals surface area contributed by atoms with Gasteiger partial charge in [-0.3, -0.25) is 25.1 Å². The molecule has 6 N–H and O–H groups in total. The maximum absolute atomic E-state index is 12.4. The summed E-state index contributed by atoms with van der Waals surface area (Å²) in [5.41, 5.74) is 4.77. The first-order valence-electron chi connectivity index (χ1n) is 9.87. The fraction of sp³-hybridized carbons (Fsp3) is 0.250. The summed E-state index contributed by atoms with van der Waals surface area (Å²) >= 11 is 0. The number of nitrogens with one attached hydrogen (secondary N) is 3. The van der Waals surface area contributed by atoms with Gasteiger partial charge in [-0.1, -0.05) is 6.07 Å². The highest BCUT2D eigenvalue weighted by atomic mass is 32.2. The van der Waals surface area contributed by atoms with Gasteiger partial charge in [0.1, 0.15) is 17.3 Å². The smallest absolute Gasteiger partial charge is 0.312 e. The number of nitrogen functional groups attached to an aromatic ring is 1. The lowest BCUT2D eigenvalue weighted by atomic mass is 10.2. The molecule has 34 heavy (non-hydrogen) atoms. The molecule has 0 aromatic heterocycles. The van der Waals surface area contributed by atoms with E-state index in [1.807, 2.05) is 4.72 Å². The molecule has 0 aliphatic rings. The Labute approximate surface area is 194 Å². The molecule has 13 nitrogen and oxygen atoms in total. The number of nitrogens with zero attached hydrogens (tertiary/aromatic N) is 1. The van der Waals surface area contributed by atoms with E-state index in [1.165, 1.54) is 12.1 Å². The summed E-state index contributed by atoms with van der Waals surface area (Å²) < 4.78 is 32.3. The molecule has 1 amide bonds. The Morgan fingerprint density at radius 3 is 2.41 bits per heavy atom. The number of hydrogen-bond donors (Lipinski definition) is 5. The number of rotatable bonds is 13. The van der Waals surface area contributed by atoms with Crippen LogP contribution in [-0.2, 0) is 19.6 Å². The van der Waals surface area contributed by atoms with Crippen molar-refractivity contribution in [2.24, 2.45) is 5.73 Å². The van der Waals surface area contributed by atoms with Crippen molar-refractivity contribution >= 4 is 39.1 Å². The van der Waals surface area contributed by atoms with Crippen LogP contribution in [0.25, 0.3) is 0 Å². The minimum Gasteiger partial charge on any atom is -0.494 e. The molecule has 182 valence electrons. The van der Waals surface area contributed by atoms with Crippen LogP contribution in [-0.4, -0.2) is 49.3 Å². The number of anilines is 1. The number of carboxylic acid groups (broad SMARTS) is 1. The molecule has 0 unspecified atom stereocenters. The number of carbonyl (C=O) groups excluding carboxylic acids is 1. The zero-order chi connectivity index (χ0) is 25.3. The van der Waals surface area contributed by atoms with Gasteiger partial charge in [-0.15, -0.1) is 0 Å². The van der Waals surface area contributed by atoms with Crippen LogP contribution in [0.4, 0.5) is 11.4 Å². The summed E-state index contributed by atoms with van der Waals surface area (Å²) in [5, 5.41) is 29.9. The van der Waals surface area contributed by atoms with Crippen molar-refractivity contribution in [1.29, 1.82) is 5.41 Å². The molecule has 2 aromatic rings. The number of amides is 1. The van der Waals surface area contributed by atoms with E-state index in [4.69, 9.17) is 21.0 Å². The van der Waals surface area contributed by atoms with E-state index in [0.717, 1.165) is 6.07 Å². The van der Waals surface area contributed by atoms with E-state index in [2.05, 4.69) is 5.32 Å². The summed E-state index contributed by atoms with van der Waals surface area (Å²) in [6, 6.07) is 9.87. The zero-order valence-corrected chi connectivity index (χ0v) is 18.6. The first-order chi connectivity index (χ1) is 16.0. The number of ether oxygens (including phenoxy) is 1. The molecule has 0 saturated heterocycles. The van der Waals surface area contributed by atoms with Gasteiger partial charge in [0.25, 0.3) is 0 Å². The fourth-order valence-electron chi connectivity index (χ4n) is 2.76. The van der Waals surface area contributed by atoms with Crippen molar-refractivity contribution < 1.29 is 32.8 Å². The van der Waals surface area contributed by atoms with Gasteiger partial charge < -0.3 is 20.9 Å². The number of para-hydroxylation sites is 1. The number of sulfonamides is 1. The Hall–Kier alpha value is -4.04. The normalized spacial score (nSPS) is 10.9. The van der Waals surface area contributed by atoms with E-state index < -0.39 is 50.4 Å². The molecule has 0 atom stereocenters. The van der Waals surface area contributed by atoms with Gasteiger partial charge in [0.05, 0.1) is 18.0 Å². The van der Waals surface area contributed by atoms with Gasteiger partial charge in [-0.2, -0.15) is 0 Å². The third kappa shape index (κ3) is 7.53. The Bertz CT molecular complexity index is 1180. The molecule has 0 aliphatic carbocycles. The lowest BCUT2D eigenvalue weighted by Crippen LogP contribution is -2.27. The lowest BCUT2D eigenvalue weighted by molar-refractivity contribution is -0.386. The molecule has 0 heterocycles. The largest absolute Gasteiger partial charge is 0.494 e. The summed E-state index contributed by atoms with van der Waals surface area (Å²) in [6.45, 7) is -0.292. The first kappa shape index (κ1) is 26.2. The lowest BCUT2D eigenvalue weighted by Gasteiger charge is -2.11. The Balaban J connectivity index is 2.00. The number of amidine groups is 1. The van der Waals surface area contributed by atoms with Crippen LogP contribution in [0.2, 0.25) is 0 Å². The maximum atomic E-state index is 12.4. The van der Waals surface area contributed by atoms with E-state index in [0.29, 0.717) is 11.3 Å². The van der Waals surface area contributed by atoms with Crippen molar-refractivity contribution in [2.45, 2.75) is 24.2 Å². The number of hydrogen-bond acceptors (Lipinski definition) is 8. The molecular weight excluding hydrogens is 470 g/mol. The molecule has 0 saturated carbocycles. The molecule has 2 rings (SSSR count). The van der Waals surface area contributed by atoms with E-state index in [-0.39, 0.29) is 31.0 Å². The SMILES string of the molecule is N=C(N)c1ccc(OCCCC(=O)Nc2cccc(S(=O)(=O)NCCC(=O)O)c2[N+](=O)[O-])cc1. The Kier molecular flexibility index (Phi) is 9.03. The van der Waals surface area contributed by atoms with E-state index in [9.17, 15) is 28.1 Å². The predicted molar refractivity (Wildman–Crippen MR) is 121 cm³/mol. The summed E-state index contributed by atoms with van der Waals surface area (Å²) in [5.74, 6) is -1.40. The second-order valence-electron chi connectivity index (χ2n) is 6.89. The highest BCUT2D eigenvalue weighted by molar-refractivity contribution is 7.89. The zero-order valence-electron chi connectivity index (χ0n) is 17.8. The number of nitro benzene ring substituents is 1. The quantitative estimate of drug-likeness (QED) is 0.0895. The second-order valence-corrected chi connectivity index (χ2v) is 8.62. The van der Waals surface area contributed by atoms with Gasteiger partial charge in [-0.25, -0.2) is 13.1 Å². The molecule has 0 bridgehead atoms. The predicted octanol–water partition coefficient (Wildman–Crippen LogP) is 1.43. The molecule has 2 aromatic carbocycles. The van der Waals surface area contributed by atoms with Crippen LogP contribution >= 0.6 is 0 Å². The molecule has 14 heteroatoms. The molecule has 0 fully saturated rings. The highest BCUT2D eigenvalue weighted by Gasteiger charge is 2.29. The van der Waals surface area contributed by atoms with Gasteiger partial charge in [-0.05, 0) is 42.8 Å². The van der Waals surface area contributed by atoms with Gasteiger partial charge >= 0.3 is 11.7 Å². The maximum Gasteiger partial charge on any atom is 0.312 e. The van der Waals surface area contributed by atoms with Crippen molar-refractivity contribution in [2.75, 3.05) is 18.5 Å². The third-order valence-electron chi connectivity index (χ3n) is 4.36.